The molecule has 0 bridgehead atoms. The molecule has 10 nitrogen and oxygen atoms in total. The summed E-state index contributed by atoms with van der Waals surface area (Å²) >= 11 is 3.12. The number of hydrogen-bond donors (Lipinski definition) is 0. The number of carbonyl (C=O) groups is 1. The second kappa shape index (κ2) is 8.03. The third kappa shape index (κ3) is 4.15. The Balaban J connectivity index is 1.27. The van der Waals surface area contributed by atoms with Crippen molar-refractivity contribution in [1.29, 1.82) is 0 Å². The zero-order valence-electron chi connectivity index (χ0n) is 18.9. The van der Waals surface area contributed by atoms with Gasteiger partial charge in [-0.3, -0.25) is 4.52 Å². The van der Waals surface area contributed by atoms with Crippen LogP contribution in [-0.4, -0.2) is 49.7 Å². The van der Waals surface area contributed by atoms with E-state index in [1.165, 1.54) is 22.8 Å². The number of aromatic nitrogens is 4. The Morgan fingerprint density at radius 2 is 2.00 bits per heavy atom. The second-order valence-electron chi connectivity index (χ2n) is 10.1. The highest BCUT2D eigenvalue weighted by Crippen LogP contribution is 2.53. The van der Waals surface area contributed by atoms with Crippen LogP contribution in [0.1, 0.15) is 39.3 Å². The first kappa shape index (κ1) is 22.8. The molecule has 1 aromatic carbocycles. The smallest absolute Gasteiger partial charge is 0.444 e. The van der Waals surface area contributed by atoms with Crippen LogP contribution in [0.3, 0.4) is 0 Å². The quantitative estimate of drug-likeness (QED) is 0.492. The van der Waals surface area contributed by atoms with Gasteiger partial charge in [-0.15, -0.1) is 0 Å². The standard InChI is InChI=1S/C22H23BrFN5O5/c1-21(2,3)32-19(30)28-10-22(11-28)8-12(9-22)6-16-17(26-34-25-16)18-27-33-20(31)29(18)13-4-5-15(24)14(23)7-13/h4-5,7,12H,6,8-11H2,1-3H3. The minimum atomic E-state index is -0.734. The van der Waals surface area contributed by atoms with E-state index in [9.17, 15) is 14.0 Å². The molecule has 2 aliphatic rings. The summed E-state index contributed by atoms with van der Waals surface area (Å²) in [6.45, 7) is 6.93. The molecule has 3 heterocycles. The number of halogens is 2. The minimum absolute atomic E-state index is 0.120. The maximum Gasteiger partial charge on any atom is 0.446 e. The van der Waals surface area contributed by atoms with E-state index in [0.717, 1.165) is 12.8 Å². The van der Waals surface area contributed by atoms with Gasteiger partial charge in [0.1, 0.15) is 17.1 Å². The summed E-state index contributed by atoms with van der Waals surface area (Å²) in [4.78, 5) is 26.3. The van der Waals surface area contributed by atoms with E-state index in [-0.39, 0.29) is 21.8 Å². The van der Waals surface area contributed by atoms with E-state index in [1.54, 1.807) is 4.90 Å². The lowest BCUT2D eigenvalue weighted by Gasteiger charge is -2.58. The average Bonchev–Trinajstić information content (AvgIpc) is 3.29. The number of carbonyl (C=O) groups excluding carboxylic acids is 1. The van der Waals surface area contributed by atoms with E-state index in [4.69, 9.17) is 13.9 Å². The van der Waals surface area contributed by atoms with Gasteiger partial charge in [0.05, 0.1) is 10.2 Å². The largest absolute Gasteiger partial charge is 0.446 e. The van der Waals surface area contributed by atoms with Gasteiger partial charge in [0, 0.05) is 18.5 Å². The van der Waals surface area contributed by atoms with Gasteiger partial charge in [0.15, 0.2) is 5.69 Å². The zero-order valence-corrected chi connectivity index (χ0v) is 20.5. The highest BCUT2D eigenvalue weighted by molar-refractivity contribution is 9.10. The molecule has 0 N–H and O–H groups in total. The third-order valence-electron chi connectivity index (χ3n) is 6.16. The van der Waals surface area contributed by atoms with Crippen molar-refractivity contribution in [3.63, 3.8) is 0 Å². The molecule has 12 heteroatoms. The molecule has 34 heavy (non-hydrogen) atoms. The fourth-order valence-corrected chi connectivity index (χ4v) is 5.19. The number of ether oxygens (including phenoxy) is 1. The van der Waals surface area contributed by atoms with Crippen LogP contribution >= 0.6 is 15.9 Å². The van der Waals surface area contributed by atoms with Crippen LogP contribution < -0.4 is 5.76 Å². The maximum atomic E-state index is 13.7. The van der Waals surface area contributed by atoms with E-state index in [1.807, 2.05) is 20.8 Å². The van der Waals surface area contributed by atoms with Crippen LogP contribution in [0, 0.1) is 17.2 Å². The molecule has 2 fully saturated rings. The van der Waals surface area contributed by atoms with Gasteiger partial charge >= 0.3 is 11.8 Å². The van der Waals surface area contributed by atoms with Crippen molar-refractivity contribution in [1.82, 2.24) is 24.9 Å². The van der Waals surface area contributed by atoms with E-state index < -0.39 is 17.2 Å². The van der Waals surface area contributed by atoms with Gasteiger partial charge in [0.25, 0.3) is 0 Å². The Bertz CT molecular complexity index is 1300. The Kier molecular flexibility index (Phi) is 5.38. The molecular formula is C22H23BrFN5O5. The SMILES string of the molecule is CC(C)(C)OC(=O)N1CC2(CC(Cc3nonc3-c3noc(=O)n3-c3ccc(F)c(Br)c3)C2)C1. The summed E-state index contributed by atoms with van der Waals surface area (Å²) in [7, 11) is 0. The fraction of sp³-hybridized carbons (Fsp3) is 0.500. The van der Waals surface area contributed by atoms with Gasteiger partial charge in [0.2, 0.25) is 5.82 Å². The first-order chi connectivity index (χ1) is 16.0. The molecule has 0 radical (unpaired) electrons. The third-order valence-corrected chi connectivity index (χ3v) is 6.77. The van der Waals surface area contributed by atoms with E-state index in [2.05, 4.69) is 31.4 Å². The lowest BCUT2D eigenvalue weighted by Crippen LogP contribution is -2.64. The number of hydrogen-bond acceptors (Lipinski definition) is 8. The normalized spacial score (nSPS) is 17.5. The molecule has 5 rings (SSSR count). The highest BCUT2D eigenvalue weighted by Gasteiger charge is 2.54. The number of nitrogens with zero attached hydrogens (tertiary/aromatic N) is 5. The number of rotatable bonds is 4. The van der Waals surface area contributed by atoms with Crippen LogP contribution in [0.5, 0.6) is 0 Å². The highest BCUT2D eigenvalue weighted by atomic mass is 79.9. The summed E-state index contributed by atoms with van der Waals surface area (Å²) in [5, 5.41) is 11.8. The molecule has 1 aliphatic heterocycles. The number of likely N-dealkylation sites (tertiary alicyclic amines) is 1. The topological polar surface area (TPSA) is 116 Å². The predicted molar refractivity (Wildman–Crippen MR) is 120 cm³/mol. The average molecular weight is 536 g/mol. The number of benzene rings is 1. The summed E-state index contributed by atoms with van der Waals surface area (Å²) in [6, 6.07) is 4.13. The fourth-order valence-electron chi connectivity index (χ4n) is 4.82. The van der Waals surface area contributed by atoms with Gasteiger partial charge in [-0.05, 0) is 85.2 Å². The Hall–Kier alpha value is -3.02. The Morgan fingerprint density at radius 3 is 2.68 bits per heavy atom. The van der Waals surface area contributed by atoms with E-state index in [0.29, 0.717) is 42.5 Å². The molecule has 1 amide bonds. The number of amides is 1. The minimum Gasteiger partial charge on any atom is -0.444 e. The molecule has 1 spiro atoms. The maximum absolute atomic E-state index is 13.7. The molecule has 1 saturated carbocycles. The lowest BCUT2D eigenvalue weighted by molar-refractivity contribution is -0.0949. The van der Waals surface area contributed by atoms with Crippen LogP contribution in [0.25, 0.3) is 17.2 Å². The molecule has 1 saturated heterocycles. The van der Waals surface area contributed by atoms with Crippen LogP contribution in [0.2, 0.25) is 0 Å². The van der Waals surface area contributed by atoms with Gasteiger partial charge in [-0.1, -0.05) is 10.3 Å². The van der Waals surface area contributed by atoms with Crippen LogP contribution in [0.15, 0.2) is 36.6 Å². The van der Waals surface area contributed by atoms with Gasteiger partial charge < -0.3 is 9.64 Å². The van der Waals surface area contributed by atoms with Crippen molar-refractivity contribution < 1.29 is 23.1 Å². The van der Waals surface area contributed by atoms with Gasteiger partial charge in [-0.25, -0.2) is 23.2 Å². The summed E-state index contributed by atoms with van der Waals surface area (Å²) < 4.78 is 30.3. The van der Waals surface area contributed by atoms with Crippen molar-refractivity contribution in [3.8, 4) is 17.2 Å². The first-order valence-electron chi connectivity index (χ1n) is 10.9. The van der Waals surface area contributed by atoms with Gasteiger partial charge in [-0.2, -0.15) is 0 Å². The molecule has 0 unspecified atom stereocenters. The van der Waals surface area contributed by atoms with Crippen molar-refractivity contribution in [2.24, 2.45) is 11.3 Å². The molecule has 180 valence electrons. The van der Waals surface area contributed by atoms with Crippen LogP contribution in [0.4, 0.5) is 9.18 Å². The molecule has 3 aromatic rings. The lowest BCUT2D eigenvalue weighted by atomic mass is 9.57. The first-order valence-corrected chi connectivity index (χ1v) is 11.7. The van der Waals surface area contributed by atoms with Crippen molar-refractivity contribution in [3.05, 3.63) is 44.7 Å². The zero-order chi connectivity index (χ0) is 24.3. The Labute approximate surface area is 202 Å². The van der Waals surface area contributed by atoms with Crippen LogP contribution in [-0.2, 0) is 11.2 Å². The van der Waals surface area contributed by atoms with E-state index >= 15 is 0 Å². The summed E-state index contributed by atoms with van der Waals surface area (Å²) in [6.07, 6.45) is 2.19. The molecular weight excluding hydrogens is 513 g/mol. The van der Waals surface area contributed by atoms with Crippen molar-refractivity contribution in [2.75, 3.05) is 13.1 Å². The predicted octanol–water partition coefficient (Wildman–Crippen LogP) is 3.97. The molecule has 0 atom stereocenters. The summed E-state index contributed by atoms with van der Waals surface area (Å²) in [5.41, 5.74) is 0.838. The van der Waals surface area contributed by atoms with Crippen molar-refractivity contribution >= 4 is 22.0 Å². The van der Waals surface area contributed by atoms with Crippen molar-refractivity contribution in [2.45, 2.75) is 45.6 Å². The molecule has 1 aliphatic carbocycles. The molecule has 2 aromatic heterocycles. The summed E-state index contributed by atoms with van der Waals surface area (Å²) in [5.74, 6) is -0.729. The second-order valence-corrected chi connectivity index (χ2v) is 10.9. The Morgan fingerprint density at radius 1 is 1.26 bits per heavy atom. The monoisotopic (exact) mass is 535 g/mol.